The highest BCUT2D eigenvalue weighted by Crippen LogP contribution is 2.22. The van der Waals surface area contributed by atoms with Crippen LogP contribution in [0.4, 0.5) is 0 Å². The fourth-order valence-corrected chi connectivity index (χ4v) is 5.10. The van der Waals surface area contributed by atoms with Crippen molar-refractivity contribution < 1.29 is 17.9 Å². The van der Waals surface area contributed by atoms with E-state index in [0.29, 0.717) is 15.8 Å². The molecule has 9 heteroatoms. The first-order valence-corrected chi connectivity index (χ1v) is 11.3. The number of piperazine rings is 1. The first-order valence-electron chi connectivity index (χ1n) is 9.02. The predicted molar refractivity (Wildman–Crippen MR) is 111 cm³/mol. The molecule has 2 aromatic carbocycles. The van der Waals surface area contributed by atoms with Crippen molar-refractivity contribution in [2.24, 2.45) is 0 Å². The quantitative estimate of drug-likeness (QED) is 0.659. The molecule has 0 bridgehead atoms. The number of hydrogen-bond donors (Lipinski definition) is 0. The fraction of sp³-hybridized carbons (Fsp3) is 0.300. The molecule has 29 heavy (non-hydrogen) atoms. The van der Waals surface area contributed by atoms with Crippen LogP contribution in [0.3, 0.4) is 0 Å². The van der Waals surface area contributed by atoms with Crippen LogP contribution in [0.2, 0.25) is 0 Å². The van der Waals surface area contributed by atoms with Crippen LogP contribution in [0.1, 0.15) is 12.5 Å². The van der Waals surface area contributed by atoms with Gasteiger partial charge in [0.2, 0.25) is 10.0 Å². The molecule has 0 spiro atoms. The summed E-state index contributed by atoms with van der Waals surface area (Å²) < 4.78 is 33.4. The maximum Gasteiger partial charge on any atom is 0.263 e. The van der Waals surface area contributed by atoms with E-state index >= 15 is 0 Å². The molecule has 7 nitrogen and oxygen atoms in total. The number of halogens is 1. The SMILES string of the molecule is CC(Oc1cccc(C#N)c1)C(=O)N1CCN(S(=O)(=O)c2cccc(Br)c2)CC1. The Bertz CT molecular complexity index is 1040. The molecule has 0 radical (unpaired) electrons. The molecule has 1 aliphatic rings. The summed E-state index contributed by atoms with van der Waals surface area (Å²) in [5.41, 5.74) is 0.452. The van der Waals surface area contributed by atoms with E-state index in [-0.39, 0.29) is 37.0 Å². The molecule has 1 amide bonds. The van der Waals surface area contributed by atoms with Crippen LogP contribution in [0.15, 0.2) is 57.9 Å². The van der Waals surface area contributed by atoms with E-state index in [0.717, 1.165) is 0 Å². The number of rotatable bonds is 5. The van der Waals surface area contributed by atoms with Crippen molar-refractivity contribution in [1.29, 1.82) is 5.26 Å². The molecule has 3 rings (SSSR count). The van der Waals surface area contributed by atoms with Crippen LogP contribution in [-0.2, 0) is 14.8 Å². The molecule has 1 atom stereocenters. The lowest BCUT2D eigenvalue weighted by molar-refractivity contribution is -0.139. The van der Waals surface area contributed by atoms with E-state index in [1.807, 2.05) is 6.07 Å². The maximum atomic E-state index is 12.8. The Balaban J connectivity index is 1.61. The molecule has 1 saturated heterocycles. The molecular formula is C20H20BrN3O4S. The van der Waals surface area contributed by atoms with Gasteiger partial charge in [-0.15, -0.1) is 0 Å². The van der Waals surface area contributed by atoms with Crippen LogP contribution in [0.25, 0.3) is 0 Å². The van der Waals surface area contributed by atoms with Gasteiger partial charge in [0.1, 0.15) is 5.75 Å². The van der Waals surface area contributed by atoms with Crippen molar-refractivity contribution in [3.8, 4) is 11.8 Å². The third kappa shape index (κ3) is 4.96. The van der Waals surface area contributed by atoms with Gasteiger partial charge in [0, 0.05) is 30.7 Å². The minimum atomic E-state index is -3.61. The van der Waals surface area contributed by atoms with Gasteiger partial charge in [0.05, 0.1) is 16.5 Å². The van der Waals surface area contributed by atoms with Crippen LogP contribution in [-0.4, -0.2) is 55.8 Å². The monoisotopic (exact) mass is 477 g/mol. The van der Waals surface area contributed by atoms with Gasteiger partial charge in [-0.2, -0.15) is 9.57 Å². The van der Waals surface area contributed by atoms with Gasteiger partial charge >= 0.3 is 0 Å². The second kappa shape index (κ2) is 8.95. The van der Waals surface area contributed by atoms with Gasteiger partial charge in [-0.05, 0) is 43.3 Å². The lowest BCUT2D eigenvalue weighted by atomic mass is 10.2. The zero-order valence-corrected chi connectivity index (χ0v) is 18.2. The van der Waals surface area contributed by atoms with Crippen molar-refractivity contribution >= 4 is 31.9 Å². The number of hydrogen-bond acceptors (Lipinski definition) is 5. The summed E-state index contributed by atoms with van der Waals surface area (Å²) in [5, 5.41) is 8.96. The van der Waals surface area contributed by atoms with Gasteiger partial charge in [0.25, 0.3) is 5.91 Å². The highest BCUT2D eigenvalue weighted by molar-refractivity contribution is 9.10. The molecule has 0 aliphatic carbocycles. The molecule has 1 heterocycles. The first-order chi connectivity index (χ1) is 13.8. The second-order valence-electron chi connectivity index (χ2n) is 6.59. The van der Waals surface area contributed by atoms with Gasteiger partial charge in [-0.1, -0.05) is 28.1 Å². The summed E-state index contributed by atoms with van der Waals surface area (Å²) in [5.74, 6) is 0.229. The van der Waals surface area contributed by atoms with Crippen molar-refractivity contribution in [1.82, 2.24) is 9.21 Å². The number of ether oxygens (including phenoxy) is 1. The van der Waals surface area contributed by atoms with E-state index in [2.05, 4.69) is 15.9 Å². The lowest BCUT2D eigenvalue weighted by Gasteiger charge is -2.35. The van der Waals surface area contributed by atoms with Crippen LogP contribution >= 0.6 is 15.9 Å². The fourth-order valence-electron chi connectivity index (χ4n) is 3.08. The Morgan fingerprint density at radius 3 is 2.48 bits per heavy atom. The second-order valence-corrected chi connectivity index (χ2v) is 9.44. The van der Waals surface area contributed by atoms with Crippen LogP contribution in [0.5, 0.6) is 5.75 Å². The predicted octanol–water partition coefficient (Wildman–Crippen LogP) is 2.62. The van der Waals surface area contributed by atoms with Crippen LogP contribution < -0.4 is 4.74 Å². The molecule has 0 aromatic heterocycles. The summed E-state index contributed by atoms with van der Waals surface area (Å²) in [7, 11) is -3.61. The van der Waals surface area contributed by atoms with Crippen molar-refractivity contribution in [3.05, 3.63) is 58.6 Å². The van der Waals surface area contributed by atoms with Crippen LogP contribution in [0, 0.1) is 11.3 Å². The van der Waals surface area contributed by atoms with Gasteiger partial charge < -0.3 is 9.64 Å². The Hall–Kier alpha value is -2.41. The van der Waals surface area contributed by atoms with E-state index in [1.54, 1.807) is 60.4 Å². The van der Waals surface area contributed by atoms with Crippen molar-refractivity contribution in [2.45, 2.75) is 17.9 Å². The number of sulfonamides is 1. The largest absolute Gasteiger partial charge is 0.481 e. The van der Waals surface area contributed by atoms with E-state index < -0.39 is 16.1 Å². The summed E-state index contributed by atoms with van der Waals surface area (Å²) in [6.45, 7) is 2.66. The first kappa shape index (κ1) is 21.3. The third-order valence-electron chi connectivity index (χ3n) is 4.61. The third-order valence-corrected chi connectivity index (χ3v) is 7.00. The Labute approximate surface area is 178 Å². The minimum Gasteiger partial charge on any atom is -0.481 e. The normalized spacial score (nSPS) is 16.1. The standard InChI is InChI=1S/C20H20BrN3O4S/c1-15(28-18-6-2-4-16(12-18)14-22)20(25)23-8-10-24(11-9-23)29(26,27)19-7-3-5-17(21)13-19/h2-7,12-13,15H,8-11H2,1H3. The van der Waals surface area contributed by atoms with Gasteiger partial charge in [-0.3, -0.25) is 4.79 Å². The number of carbonyl (C=O) groups is 1. The minimum absolute atomic E-state index is 0.216. The number of nitrogens with zero attached hydrogens (tertiary/aromatic N) is 3. The average molecular weight is 478 g/mol. The number of amides is 1. The Kier molecular flexibility index (Phi) is 6.57. The molecule has 1 aliphatic heterocycles. The summed E-state index contributed by atoms with van der Waals surface area (Å²) in [4.78, 5) is 14.5. The van der Waals surface area contributed by atoms with E-state index in [1.165, 1.54) is 4.31 Å². The molecule has 1 unspecified atom stereocenters. The maximum absolute atomic E-state index is 12.8. The molecule has 2 aromatic rings. The van der Waals surface area contributed by atoms with E-state index in [9.17, 15) is 13.2 Å². The van der Waals surface area contributed by atoms with Crippen molar-refractivity contribution in [3.63, 3.8) is 0 Å². The Morgan fingerprint density at radius 2 is 1.83 bits per heavy atom. The van der Waals surface area contributed by atoms with Crippen molar-refractivity contribution in [2.75, 3.05) is 26.2 Å². The summed E-state index contributed by atoms with van der Waals surface area (Å²) >= 11 is 3.29. The summed E-state index contributed by atoms with van der Waals surface area (Å²) in [6, 6.07) is 15.2. The molecule has 1 fully saturated rings. The highest BCUT2D eigenvalue weighted by Gasteiger charge is 2.32. The molecule has 152 valence electrons. The zero-order valence-electron chi connectivity index (χ0n) is 15.8. The average Bonchev–Trinajstić information content (AvgIpc) is 2.73. The topological polar surface area (TPSA) is 90.7 Å². The molecule has 0 N–H and O–H groups in total. The Morgan fingerprint density at radius 1 is 1.14 bits per heavy atom. The smallest absolute Gasteiger partial charge is 0.263 e. The van der Waals surface area contributed by atoms with Gasteiger partial charge in [0.15, 0.2) is 6.10 Å². The van der Waals surface area contributed by atoms with Gasteiger partial charge in [-0.25, -0.2) is 8.42 Å². The zero-order chi connectivity index (χ0) is 21.0. The molecule has 0 saturated carbocycles. The lowest BCUT2D eigenvalue weighted by Crippen LogP contribution is -2.53. The number of nitriles is 1. The van der Waals surface area contributed by atoms with E-state index in [4.69, 9.17) is 10.00 Å². The number of carbonyl (C=O) groups excluding carboxylic acids is 1. The summed E-state index contributed by atoms with van der Waals surface area (Å²) in [6.07, 6.45) is -0.739. The number of benzene rings is 2. The molecular weight excluding hydrogens is 458 g/mol. The highest BCUT2D eigenvalue weighted by atomic mass is 79.9.